The molecule has 1 heterocycles. The van der Waals surface area contributed by atoms with Gasteiger partial charge in [-0.3, -0.25) is 9.48 Å². The summed E-state index contributed by atoms with van der Waals surface area (Å²) >= 11 is 0. The lowest BCUT2D eigenvalue weighted by Crippen LogP contribution is -2.28. The molecule has 0 radical (unpaired) electrons. The summed E-state index contributed by atoms with van der Waals surface area (Å²) in [6.07, 6.45) is 1.78. The zero-order chi connectivity index (χ0) is 14.5. The fourth-order valence-electron chi connectivity index (χ4n) is 1.90. The van der Waals surface area contributed by atoms with Crippen LogP contribution in [0.3, 0.4) is 0 Å². The highest BCUT2D eigenvalue weighted by atomic mass is 19.1. The Morgan fingerprint density at radius 2 is 2.05 bits per heavy atom. The molecule has 1 amide bonds. The number of carbonyl (C=O) groups is 1. The third-order valence-corrected chi connectivity index (χ3v) is 3.21. The second kappa shape index (κ2) is 6.32. The fraction of sp³-hybridized carbons (Fsp3) is 0.333. The van der Waals surface area contributed by atoms with Crippen LogP contribution in [-0.4, -0.2) is 22.2 Å². The summed E-state index contributed by atoms with van der Waals surface area (Å²) in [7, 11) is 0. The molecule has 0 spiro atoms. The predicted molar refractivity (Wildman–Crippen MR) is 75.0 cm³/mol. The Bertz CT molecular complexity index is 577. The molecule has 1 aromatic heterocycles. The molecule has 0 bridgehead atoms. The van der Waals surface area contributed by atoms with E-state index in [0.717, 1.165) is 12.1 Å². The van der Waals surface area contributed by atoms with Gasteiger partial charge in [0.1, 0.15) is 11.5 Å². The molecule has 0 aliphatic heterocycles. The van der Waals surface area contributed by atoms with E-state index in [9.17, 15) is 9.18 Å². The molecule has 106 valence electrons. The average Bonchev–Trinajstić information content (AvgIpc) is 2.94. The Morgan fingerprint density at radius 3 is 2.65 bits per heavy atom. The first-order valence-corrected chi connectivity index (χ1v) is 6.67. The predicted octanol–water partition coefficient (Wildman–Crippen LogP) is 2.58. The first-order valence-electron chi connectivity index (χ1n) is 6.67. The van der Waals surface area contributed by atoms with E-state index in [2.05, 4.69) is 10.4 Å². The zero-order valence-corrected chi connectivity index (χ0v) is 11.6. The monoisotopic (exact) mass is 275 g/mol. The number of halogens is 1. The van der Waals surface area contributed by atoms with Crippen LogP contribution in [0.5, 0.6) is 0 Å². The lowest BCUT2D eigenvalue weighted by Gasteiger charge is -2.12. The molecule has 1 unspecified atom stereocenters. The topological polar surface area (TPSA) is 46.9 Å². The van der Waals surface area contributed by atoms with Crippen molar-refractivity contribution in [3.05, 3.63) is 53.6 Å². The van der Waals surface area contributed by atoms with Gasteiger partial charge in [-0.15, -0.1) is 0 Å². The second-order valence-electron chi connectivity index (χ2n) is 4.72. The number of hydrogen-bond acceptors (Lipinski definition) is 2. The lowest BCUT2D eigenvalue weighted by atomic mass is 10.0. The van der Waals surface area contributed by atoms with E-state index in [1.54, 1.807) is 29.1 Å². The Morgan fingerprint density at radius 1 is 1.35 bits per heavy atom. The molecule has 0 saturated carbocycles. The van der Waals surface area contributed by atoms with E-state index in [1.807, 2.05) is 13.8 Å². The maximum absolute atomic E-state index is 12.8. The summed E-state index contributed by atoms with van der Waals surface area (Å²) in [6, 6.07) is 8.02. The van der Waals surface area contributed by atoms with E-state index < -0.39 is 0 Å². The van der Waals surface area contributed by atoms with Crippen molar-refractivity contribution in [3.63, 3.8) is 0 Å². The van der Waals surface area contributed by atoms with Gasteiger partial charge in [0.15, 0.2) is 0 Å². The van der Waals surface area contributed by atoms with Crippen molar-refractivity contribution in [2.75, 3.05) is 6.54 Å². The smallest absolute Gasteiger partial charge is 0.271 e. The van der Waals surface area contributed by atoms with Crippen LogP contribution in [0, 0.1) is 5.82 Å². The van der Waals surface area contributed by atoms with E-state index in [4.69, 9.17) is 0 Å². The normalized spacial score (nSPS) is 12.2. The standard InChI is InChI=1S/C15H18FN3O/c1-3-19-9-8-14(18-19)15(20)17-10-11(2)12-4-6-13(16)7-5-12/h4-9,11H,3,10H2,1-2H3,(H,17,20). The summed E-state index contributed by atoms with van der Waals surface area (Å²) < 4.78 is 14.5. The summed E-state index contributed by atoms with van der Waals surface area (Å²) in [5, 5.41) is 6.99. The van der Waals surface area contributed by atoms with Gasteiger partial charge in [0, 0.05) is 19.3 Å². The van der Waals surface area contributed by atoms with Crippen molar-refractivity contribution in [3.8, 4) is 0 Å². The summed E-state index contributed by atoms with van der Waals surface area (Å²) in [5.41, 5.74) is 1.41. The molecule has 0 saturated heterocycles. The minimum atomic E-state index is -0.255. The zero-order valence-electron chi connectivity index (χ0n) is 11.6. The van der Waals surface area contributed by atoms with Gasteiger partial charge in [0.25, 0.3) is 5.91 Å². The number of aromatic nitrogens is 2. The van der Waals surface area contributed by atoms with Crippen molar-refractivity contribution in [2.24, 2.45) is 0 Å². The number of hydrogen-bond donors (Lipinski definition) is 1. The van der Waals surface area contributed by atoms with E-state index in [1.165, 1.54) is 12.1 Å². The van der Waals surface area contributed by atoms with E-state index in [-0.39, 0.29) is 17.6 Å². The van der Waals surface area contributed by atoms with Gasteiger partial charge in [-0.25, -0.2) is 4.39 Å². The average molecular weight is 275 g/mol. The van der Waals surface area contributed by atoms with Gasteiger partial charge in [-0.05, 0) is 36.6 Å². The minimum Gasteiger partial charge on any atom is -0.350 e. The molecule has 4 nitrogen and oxygen atoms in total. The molecule has 1 aromatic carbocycles. The number of nitrogens with zero attached hydrogens (tertiary/aromatic N) is 2. The molecule has 5 heteroatoms. The number of carbonyl (C=O) groups excluding carboxylic acids is 1. The first kappa shape index (κ1) is 14.2. The number of rotatable bonds is 5. The molecule has 2 aromatic rings. The van der Waals surface area contributed by atoms with Gasteiger partial charge >= 0.3 is 0 Å². The molecule has 1 N–H and O–H groups in total. The van der Waals surface area contributed by atoms with Crippen LogP contribution in [0.1, 0.15) is 35.8 Å². The molecular formula is C15H18FN3O. The van der Waals surface area contributed by atoms with E-state index >= 15 is 0 Å². The van der Waals surface area contributed by atoms with Crippen LogP contribution in [0.25, 0.3) is 0 Å². The lowest BCUT2D eigenvalue weighted by molar-refractivity contribution is 0.0946. The Balaban J connectivity index is 1.91. The summed E-state index contributed by atoms with van der Waals surface area (Å²) in [4.78, 5) is 11.9. The van der Waals surface area contributed by atoms with Gasteiger partial charge < -0.3 is 5.32 Å². The van der Waals surface area contributed by atoms with Gasteiger partial charge in [0.05, 0.1) is 0 Å². The van der Waals surface area contributed by atoms with Gasteiger partial charge in [-0.2, -0.15) is 5.10 Å². The van der Waals surface area contributed by atoms with Crippen LogP contribution in [0.2, 0.25) is 0 Å². The maximum atomic E-state index is 12.8. The highest BCUT2D eigenvalue weighted by Gasteiger charge is 2.11. The molecule has 20 heavy (non-hydrogen) atoms. The van der Waals surface area contributed by atoms with Crippen molar-refractivity contribution < 1.29 is 9.18 Å². The Hall–Kier alpha value is -2.17. The van der Waals surface area contributed by atoms with Gasteiger partial charge in [-0.1, -0.05) is 19.1 Å². The van der Waals surface area contributed by atoms with Crippen molar-refractivity contribution in [2.45, 2.75) is 26.3 Å². The Labute approximate surface area is 117 Å². The molecule has 0 aliphatic rings. The molecule has 0 aliphatic carbocycles. The largest absolute Gasteiger partial charge is 0.350 e. The molecule has 1 atom stereocenters. The summed E-state index contributed by atoms with van der Waals surface area (Å²) in [5.74, 6) is -0.325. The van der Waals surface area contributed by atoms with Gasteiger partial charge in [0.2, 0.25) is 0 Å². The van der Waals surface area contributed by atoms with E-state index in [0.29, 0.717) is 12.2 Å². The summed E-state index contributed by atoms with van der Waals surface area (Å²) in [6.45, 7) is 5.17. The first-order chi connectivity index (χ1) is 9.60. The van der Waals surface area contributed by atoms with Crippen LogP contribution >= 0.6 is 0 Å². The highest BCUT2D eigenvalue weighted by Crippen LogP contribution is 2.14. The third-order valence-electron chi connectivity index (χ3n) is 3.21. The maximum Gasteiger partial charge on any atom is 0.271 e. The van der Waals surface area contributed by atoms with Crippen LogP contribution in [0.15, 0.2) is 36.5 Å². The Kier molecular flexibility index (Phi) is 4.50. The van der Waals surface area contributed by atoms with Crippen LogP contribution < -0.4 is 5.32 Å². The number of aryl methyl sites for hydroxylation is 1. The number of benzene rings is 1. The molecular weight excluding hydrogens is 257 g/mol. The van der Waals surface area contributed by atoms with Crippen molar-refractivity contribution in [1.82, 2.24) is 15.1 Å². The van der Waals surface area contributed by atoms with Crippen LogP contribution in [0.4, 0.5) is 4.39 Å². The number of amides is 1. The molecule has 2 rings (SSSR count). The quantitative estimate of drug-likeness (QED) is 0.911. The molecule has 0 fully saturated rings. The third kappa shape index (κ3) is 3.44. The van der Waals surface area contributed by atoms with Crippen LogP contribution in [-0.2, 0) is 6.54 Å². The minimum absolute atomic E-state index is 0.118. The second-order valence-corrected chi connectivity index (χ2v) is 4.72. The van der Waals surface area contributed by atoms with Crippen molar-refractivity contribution >= 4 is 5.91 Å². The highest BCUT2D eigenvalue weighted by molar-refractivity contribution is 5.92. The van der Waals surface area contributed by atoms with Crippen molar-refractivity contribution in [1.29, 1.82) is 0 Å². The number of nitrogens with one attached hydrogen (secondary N) is 1. The fourth-order valence-corrected chi connectivity index (χ4v) is 1.90. The SMILES string of the molecule is CCn1ccc(C(=O)NCC(C)c2ccc(F)cc2)n1.